The smallest absolute Gasteiger partial charge is 0.224 e. The second-order valence-electron chi connectivity index (χ2n) is 7.08. The lowest BCUT2D eigenvalue weighted by Gasteiger charge is -2.46. The molecule has 0 aliphatic heterocycles. The molecule has 4 nitrogen and oxygen atoms in total. The van der Waals surface area contributed by atoms with E-state index in [1.807, 2.05) is 26.0 Å². The van der Waals surface area contributed by atoms with Gasteiger partial charge < -0.3 is 15.5 Å². The fraction of sp³-hybridized carbons (Fsp3) is 0.706. The average Bonchev–Trinajstić information content (AvgIpc) is 2.82. The van der Waals surface area contributed by atoms with Gasteiger partial charge in [0.2, 0.25) is 5.91 Å². The van der Waals surface area contributed by atoms with Gasteiger partial charge in [0, 0.05) is 12.0 Å². The Morgan fingerprint density at radius 2 is 2.10 bits per heavy atom. The predicted molar refractivity (Wildman–Crippen MR) is 83.6 cm³/mol. The number of carbonyl (C=O) groups excluding carboxylic acids is 1. The summed E-state index contributed by atoms with van der Waals surface area (Å²) in [7, 11) is 0. The van der Waals surface area contributed by atoms with Crippen molar-refractivity contribution in [2.45, 2.75) is 59.5 Å². The summed E-state index contributed by atoms with van der Waals surface area (Å²) in [6, 6.07) is 3.93. The molecule has 2 rings (SSSR count). The van der Waals surface area contributed by atoms with E-state index >= 15 is 0 Å². The maximum atomic E-state index is 12.7. The van der Waals surface area contributed by atoms with E-state index in [-0.39, 0.29) is 29.3 Å². The van der Waals surface area contributed by atoms with Gasteiger partial charge in [-0.2, -0.15) is 0 Å². The second kappa shape index (κ2) is 5.84. The van der Waals surface area contributed by atoms with Crippen molar-refractivity contribution in [1.29, 1.82) is 0 Å². The number of nitrogens with two attached hydrogens (primary N) is 1. The summed E-state index contributed by atoms with van der Waals surface area (Å²) < 4.78 is 5.59. The number of aryl methyl sites for hydroxylation is 1. The molecule has 1 heterocycles. The Hall–Kier alpha value is -1.29. The number of nitrogens with one attached hydrogen (secondary N) is 1. The topological polar surface area (TPSA) is 68.3 Å². The van der Waals surface area contributed by atoms with Crippen LogP contribution in [-0.4, -0.2) is 11.9 Å². The van der Waals surface area contributed by atoms with Crippen molar-refractivity contribution >= 4 is 5.91 Å². The van der Waals surface area contributed by atoms with E-state index < -0.39 is 0 Å². The Morgan fingerprint density at radius 1 is 1.43 bits per heavy atom. The van der Waals surface area contributed by atoms with Gasteiger partial charge in [0.25, 0.3) is 0 Å². The fourth-order valence-corrected chi connectivity index (χ4v) is 3.39. The van der Waals surface area contributed by atoms with Gasteiger partial charge in [0.15, 0.2) is 0 Å². The quantitative estimate of drug-likeness (QED) is 0.899. The zero-order valence-electron chi connectivity index (χ0n) is 13.8. The largest absolute Gasteiger partial charge is 0.464 e. The van der Waals surface area contributed by atoms with Gasteiger partial charge in [-0.25, -0.2) is 0 Å². The van der Waals surface area contributed by atoms with Crippen LogP contribution in [0, 0.1) is 24.2 Å². The summed E-state index contributed by atoms with van der Waals surface area (Å²) in [6.07, 6.45) is 1.77. The molecule has 3 N–H and O–H groups in total. The van der Waals surface area contributed by atoms with Gasteiger partial charge in [-0.15, -0.1) is 0 Å². The molecule has 1 aromatic heterocycles. The van der Waals surface area contributed by atoms with Crippen LogP contribution in [0.25, 0.3) is 0 Å². The van der Waals surface area contributed by atoms with Crippen LogP contribution in [0.4, 0.5) is 0 Å². The number of hydrogen-bond donors (Lipinski definition) is 2. The van der Waals surface area contributed by atoms with Crippen LogP contribution in [0.5, 0.6) is 0 Å². The van der Waals surface area contributed by atoms with E-state index in [0.717, 1.165) is 24.4 Å². The molecule has 0 spiro atoms. The van der Waals surface area contributed by atoms with Gasteiger partial charge in [-0.1, -0.05) is 20.8 Å². The minimum absolute atomic E-state index is 0.00538. The lowest BCUT2D eigenvalue weighted by molar-refractivity contribution is -0.133. The number of carbonyl (C=O) groups is 1. The summed E-state index contributed by atoms with van der Waals surface area (Å²) >= 11 is 0. The van der Waals surface area contributed by atoms with Gasteiger partial charge in [-0.3, -0.25) is 4.79 Å². The molecule has 0 saturated heterocycles. The van der Waals surface area contributed by atoms with Gasteiger partial charge in [0.1, 0.15) is 11.5 Å². The highest BCUT2D eigenvalue weighted by atomic mass is 16.3. The van der Waals surface area contributed by atoms with Crippen LogP contribution >= 0.6 is 0 Å². The lowest BCUT2D eigenvalue weighted by Crippen LogP contribution is -2.51. The number of furan rings is 1. The van der Waals surface area contributed by atoms with E-state index in [0.29, 0.717) is 5.92 Å². The first kappa shape index (κ1) is 16.1. The molecule has 118 valence electrons. The first-order valence-corrected chi connectivity index (χ1v) is 7.85. The fourth-order valence-electron chi connectivity index (χ4n) is 3.39. The van der Waals surface area contributed by atoms with E-state index in [1.54, 1.807) is 0 Å². The molecule has 4 heteroatoms. The third-order valence-electron chi connectivity index (χ3n) is 5.37. The van der Waals surface area contributed by atoms with Gasteiger partial charge >= 0.3 is 0 Å². The van der Waals surface area contributed by atoms with E-state index in [1.165, 1.54) is 0 Å². The van der Waals surface area contributed by atoms with Crippen LogP contribution in [-0.2, 0) is 4.79 Å². The first-order chi connectivity index (χ1) is 9.73. The minimum atomic E-state index is -0.104. The van der Waals surface area contributed by atoms with Crippen LogP contribution < -0.4 is 11.1 Å². The molecule has 1 aromatic rings. The Balaban J connectivity index is 2.06. The normalized spacial score (nSPS) is 29.9. The zero-order chi connectivity index (χ0) is 15.8. The Bertz CT molecular complexity index is 507. The maximum absolute atomic E-state index is 12.7. The van der Waals surface area contributed by atoms with Crippen molar-refractivity contribution in [3.05, 3.63) is 23.7 Å². The van der Waals surface area contributed by atoms with Crippen molar-refractivity contribution in [1.82, 2.24) is 5.32 Å². The maximum Gasteiger partial charge on any atom is 0.224 e. The zero-order valence-corrected chi connectivity index (χ0v) is 13.8. The Kier molecular flexibility index (Phi) is 4.47. The van der Waals surface area contributed by atoms with Crippen LogP contribution in [0.2, 0.25) is 0 Å². The van der Waals surface area contributed by atoms with Crippen molar-refractivity contribution in [2.75, 3.05) is 0 Å². The van der Waals surface area contributed by atoms with E-state index in [4.69, 9.17) is 10.2 Å². The van der Waals surface area contributed by atoms with Crippen molar-refractivity contribution < 1.29 is 9.21 Å². The first-order valence-electron chi connectivity index (χ1n) is 7.85. The number of rotatable bonds is 3. The Labute approximate surface area is 127 Å². The molecule has 0 radical (unpaired) electrons. The lowest BCUT2D eigenvalue weighted by atomic mass is 9.61. The summed E-state index contributed by atoms with van der Waals surface area (Å²) in [4.78, 5) is 12.7. The minimum Gasteiger partial charge on any atom is -0.464 e. The van der Waals surface area contributed by atoms with Gasteiger partial charge in [-0.05, 0) is 50.2 Å². The highest BCUT2D eigenvalue weighted by Crippen LogP contribution is 2.44. The highest BCUT2D eigenvalue weighted by molar-refractivity contribution is 5.80. The molecule has 1 amide bonds. The van der Waals surface area contributed by atoms with Gasteiger partial charge in [0.05, 0.1) is 6.04 Å². The highest BCUT2D eigenvalue weighted by Gasteiger charge is 2.45. The molecule has 21 heavy (non-hydrogen) atoms. The summed E-state index contributed by atoms with van der Waals surface area (Å²) in [5, 5.41) is 3.10. The molecule has 1 saturated carbocycles. The van der Waals surface area contributed by atoms with Crippen LogP contribution in [0.1, 0.15) is 58.1 Å². The molecule has 1 aliphatic rings. The van der Waals surface area contributed by atoms with Crippen LogP contribution in [0.3, 0.4) is 0 Å². The average molecular weight is 292 g/mol. The molecule has 0 aromatic carbocycles. The molecule has 0 bridgehead atoms. The summed E-state index contributed by atoms with van der Waals surface area (Å²) in [5.41, 5.74) is 6.08. The van der Waals surface area contributed by atoms with Crippen LogP contribution in [0.15, 0.2) is 16.5 Å². The molecular weight excluding hydrogens is 264 g/mol. The molecule has 4 atom stereocenters. The second-order valence-corrected chi connectivity index (χ2v) is 7.08. The summed E-state index contributed by atoms with van der Waals surface area (Å²) in [5.74, 6) is 2.12. The SMILES string of the molecule is Cc1ccc(C(C)NC(=O)C2CCC(N)C(C)C2(C)C)o1. The third kappa shape index (κ3) is 3.15. The summed E-state index contributed by atoms with van der Waals surface area (Å²) in [6.45, 7) is 10.3. The molecule has 1 aliphatic carbocycles. The predicted octanol–water partition coefficient (Wildman–Crippen LogP) is 3.16. The molecule has 1 fully saturated rings. The van der Waals surface area contributed by atoms with Crippen molar-refractivity contribution in [3.8, 4) is 0 Å². The monoisotopic (exact) mass is 292 g/mol. The number of amides is 1. The molecular formula is C17H28N2O2. The standard InChI is InChI=1S/C17H28N2O2/c1-10-6-9-15(21-10)12(3)19-16(20)13-7-8-14(18)11(2)17(13,4)5/h6,9,11-14H,7-8,18H2,1-5H3,(H,19,20). The van der Waals surface area contributed by atoms with Crippen molar-refractivity contribution in [3.63, 3.8) is 0 Å². The van der Waals surface area contributed by atoms with E-state index in [2.05, 4.69) is 26.1 Å². The molecule has 4 unspecified atom stereocenters. The number of hydrogen-bond acceptors (Lipinski definition) is 3. The van der Waals surface area contributed by atoms with E-state index in [9.17, 15) is 4.79 Å². The third-order valence-corrected chi connectivity index (χ3v) is 5.37. The Morgan fingerprint density at radius 3 is 2.67 bits per heavy atom. The van der Waals surface area contributed by atoms with Crippen molar-refractivity contribution in [2.24, 2.45) is 23.0 Å².